The number of nitrogens with one attached hydrogen (secondary N) is 1. The van der Waals surface area contributed by atoms with Crippen LogP contribution in [0.3, 0.4) is 0 Å². The highest BCUT2D eigenvalue weighted by Crippen LogP contribution is 2.32. The van der Waals surface area contributed by atoms with Gasteiger partial charge in [-0.25, -0.2) is 8.78 Å². The van der Waals surface area contributed by atoms with Crippen molar-refractivity contribution in [3.8, 4) is 5.75 Å². The van der Waals surface area contributed by atoms with E-state index in [0.717, 1.165) is 12.1 Å². The van der Waals surface area contributed by atoms with Crippen LogP contribution in [0.1, 0.15) is 18.5 Å². The van der Waals surface area contributed by atoms with Crippen molar-refractivity contribution in [2.24, 2.45) is 0 Å². The van der Waals surface area contributed by atoms with Gasteiger partial charge in [0, 0.05) is 11.6 Å². The quantitative estimate of drug-likeness (QED) is 0.869. The van der Waals surface area contributed by atoms with Crippen molar-refractivity contribution in [2.75, 3.05) is 5.32 Å². The van der Waals surface area contributed by atoms with Crippen molar-refractivity contribution in [1.29, 1.82) is 0 Å². The first-order valence-electron chi connectivity index (χ1n) is 5.68. The molecule has 0 saturated heterocycles. The van der Waals surface area contributed by atoms with Crippen LogP contribution in [-0.2, 0) is 0 Å². The fourth-order valence-electron chi connectivity index (χ4n) is 1.83. The molecule has 100 valence electrons. The largest absolute Gasteiger partial charge is 0.508 e. The molecule has 19 heavy (non-hydrogen) atoms. The number of para-hydroxylation sites is 1. The zero-order valence-electron chi connectivity index (χ0n) is 10.1. The molecular formula is C14H12ClF2NO. The summed E-state index contributed by atoms with van der Waals surface area (Å²) in [5.41, 5.74) is 0.612. The Kier molecular flexibility index (Phi) is 3.90. The van der Waals surface area contributed by atoms with Crippen molar-refractivity contribution < 1.29 is 13.9 Å². The number of benzene rings is 2. The molecule has 0 aliphatic heterocycles. The number of hydrogen-bond donors (Lipinski definition) is 2. The highest BCUT2D eigenvalue weighted by molar-refractivity contribution is 6.33. The van der Waals surface area contributed by atoms with Crippen LogP contribution in [0.25, 0.3) is 0 Å². The summed E-state index contributed by atoms with van der Waals surface area (Å²) < 4.78 is 26.6. The molecule has 0 aliphatic carbocycles. The SMILES string of the molecule is CC(Nc1c(F)cc(F)cc1Cl)c1ccccc1O. The monoisotopic (exact) mass is 283 g/mol. The molecular weight excluding hydrogens is 272 g/mol. The van der Waals surface area contributed by atoms with Crippen LogP contribution in [0.2, 0.25) is 5.02 Å². The minimum Gasteiger partial charge on any atom is -0.508 e. The maximum Gasteiger partial charge on any atom is 0.150 e. The van der Waals surface area contributed by atoms with Gasteiger partial charge in [0.2, 0.25) is 0 Å². The Morgan fingerprint density at radius 1 is 1.21 bits per heavy atom. The third-order valence-corrected chi connectivity index (χ3v) is 3.07. The first-order chi connectivity index (χ1) is 8.99. The molecule has 0 heterocycles. The molecule has 2 aromatic carbocycles. The van der Waals surface area contributed by atoms with E-state index in [-0.39, 0.29) is 22.5 Å². The summed E-state index contributed by atoms with van der Waals surface area (Å²) in [6.07, 6.45) is 0. The third-order valence-electron chi connectivity index (χ3n) is 2.77. The summed E-state index contributed by atoms with van der Waals surface area (Å²) in [6.45, 7) is 1.74. The van der Waals surface area contributed by atoms with Crippen LogP contribution in [0.15, 0.2) is 36.4 Å². The molecule has 1 atom stereocenters. The Balaban J connectivity index is 2.29. The van der Waals surface area contributed by atoms with E-state index in [1.54, 1.807) is 25.1 Å². The lowest BCUT2D eigenvalue weighted by atomic mass is 10.1. The van der Waals surface area contributed by atoms with Gasteiger partial charge in [-0.05, 0) is 19.1 Å². The van der Waals surface area contributed by atoms with Crippen LogP contribution in [-0.4, -0.2) is 5.11 Å². The van der Waals surface area contributed by atoms with Crippen molar-refractivity contribution in [3.05, 3.63) is 58.6 Å². The summed E-state index contributed by atoms with van der Waals surface area (Å²) in [7, 11) is 0. The normalized spacial score (nSPS) is 12.2. The molecule has 0 bridgehead atoms. The van der Waals surface area contributed by atoms with Gasteiger partial charge in [-0.3, -0.25) is 0 Å². The van der Waals surface area contributed by atoms with Gasteiger partial charge in [-0.1, -0.05) is 29.8 Å². The van der Waals surface area contributed by atoms with Gasteiger partial charge in [0.1, 0.15) is 11.6 Å². The molecule has 0 amide bonds. The zero-order chi connectivity index (χ0) is 14.0. The van der Waals surface area contributed by atoms with Gasteiger partial charge >= 0.3 is 0 Å². The number of rotatable bonds is 3. The zero-order valence-corrected chi connectivity index (χ0v) is 10.9. The average molecular weight is 284 g/mol. The van der Waals surface area contributed by atoms with Crippen molar-refractivity contribution in [3.63, 3.8) is 0 Å². The van der Waals surface area contributed by atoms with Crippen LogP contribution in [0.4, 0.5) is 14.5 Å². The number of anilines is 1. The second-order valence-electron chi connectivity index (χ2n) is 4.17. The molecule has 2 aromatic rings. The second-order valence-corrected chi connectivity index (χ2v) is 4.58. The molecule has 2 nitrogen and oxygen atoms in total. The molecule has 0 aliphatic rings. The number of halogens is 3. The molecule has 0 fully saturated rings. The summed E-state index contributed by atoms with van der Waals surface area (Å²) in [5, 5.41) is 12.5. The summed E-state index contributed by atoms with van der Waals surface area (Å²) in [5.74, 6) is -1.41. The first kappa shape index (κ1) is 13.6. The van der Waals surface area contributed by atoms with Gasteiger partial charge in [0.25, 0.3) is 0 Å². The minimum absolute atomic E-state index is 0.0128. The highest BCUT2D eigenvalue weighted by Gasteiger charge is 2.15. The van der Waals surface area contributed by atoms with Gasteiger partial charge in [-0.15, -0.1) is 0 Å². The van der Waals surface area contributed by atoms with Crippen LogP contribution < -0.4 is 5.32 Å². The fourth-order valence-corrected chi connectivity index (χ4v) is 2.08. The molecule has 2 rings (SSSR count). The predicted octanol–water partition coefficient (Wildman–Crippen LogP) is 4.50. The van der Waals surface area contributed by atoms with E-state index in [0.29, 0.717) is 5.56 Å². The van der Waals surface area contributed by atoms with Gasteiger partial charge in [0.05, 0.1) is 16.8 Å². The maximum atomic E-state index is 13.6. The Bertz CT molecular complexity index is 581. The molecule has 5 heteroatoms. The van der Waals surface area contributed by atoms with Crippen molar-refractivity contribution in [2.45, 2.75) is 13.0 Å². The van der Waals surface area contributed by atoms with E-state index < -0.39 is 11.6 Å². The molecule has 0 spiro atoms. The minimum atomic E-state index is -0.771. The summed E-state index contributed by atoms with van der Waals surface area (Å²) >= 11 is 5.80. The van der Waals surface area contributed by atoms with E-state index in [9.17, 15) is 13.9 Å². The smallest absolute Gasteiger partial charge is 0.150 e. The maximum absolute atomic E-state index is 13.6. The third kappa shape index (κ3) is 2.96. The second kappa shape index (κ2) is 5.45. The average Bonchev–Trinajstić information content (AvgIpc) is 2.34. The van der Waals surface area contributed by atoms with Crippen molar-refractivity contribution >= 4 is 17.3 Å². The lowest BCUT2D eigenvalue weighted by Crippen LogP contribution is -2.09. The predicted molar refractivity (Wildman–Crippen MR) is 71.5 cm³/mol. The standard InChI is InChI=1S/C14H12ClF2NO/c1-8(10-4-2-3-5-13(10)19)18-14-11(15)6-9(16)7-12(14)17/h2-8,18-19H,1H3. The number of phenolic OH excluding ortho intramolecular Hbond substituents is 1. The number of phenols is 1. The Hall–Kier alpha value is -1.81. The first-order valence-corrected chi connectivity index (χ1v) is 6.06. The van der Waals surface area contributed by atoms with E-state index >= 15 is 0 Å². The topological polar surface area (TPSA) is 32.3 Å². The number of hydrogen-bond acceptors (Lipinski definition) is 2. The van der Waals surface area contributed by atoms with E-state index in [2.05, 4.69) is 5.32 Å². The lowest BCUT2D eigenvalue weighted by Gasteiger charge is -2.18. The molecule has 1 unspecified atom stereocenters. The van der Waals surface area contributed by atoms with Gasteiger partial charge in [-0.2, -0.15) is 0 Å². The lowest BCUT2D eigenvalue weighted by molar-refractivity contribution is 0.465. The van der Waals surface area contributed by atoms with Crippen LogP contribution >= 0.6 is 11.6 Å². The van der Waals surface area contributed by atoms with E-state index in [4.69, 9.17) is 11.6 Å². The molecule has 0 saturated carbocycles. The fraction of sp³-hybridized carbons (Fsp3) is 0.143. The van der Waals surface area contributed by atoms with E-state index in [1.807, 2.05) is 0 Å². The summed E-state index contributed by atoms with van der Waals surface area (Å²) in [6, 6.07) is 8.11. The Morgan fingerprint density at radius 3 is 2.53 bits per heavy atom. The van der Waals surface area contributed by atoms with Gasteiger partial charge < -0.3 is 10.4 Å². The Labute approximate surface area is 114 Å². The highest BCUT2D eigenvalue weighted by atomic mass is 35.5. The van der Waals surface area contributed by atoms with Crippen molar-refractivity contribution in [1.82, 2.24) is 0 Å². The van der Waals surface area contributed by atoms with Crippen LogP contribution in [0, 0.1) is 11.6 Å². The van der Waals surface area contributed by atoms with Gasteiger partial charge in [0.15, 0.2) is 5.82 Å². The molecule has 0 radical (unpaired) electrons. The summed E-state index contributed by atoms with van der Waals surface area (Å²) in [4.78, 5) is 0. The van der Waals surface area contributed by atoms with Crippen LogP contribution in [0.5, 0.6) is 5.75 Å². The molecule has 0 aromatic heterocycles. The Morgan fingerprint density at radius 2 is 1.89 bits per heavy atom. The molecule has 2 N–H and O–H groups in total. The van der Waals surface area contributed by atoms with E-state index in [1.165, 1.54) is 6.07 Å². The number of aromatic hydroxyl groups is 1.